The third-order valence-corrected chi connectivity index (χ3v) is 3.06. The molecule has 0 aliphatic heterocycles. The number of rotatable bonds is 5. The summed E-state index contributed by atoms with van der Waals surface area (Å²) < 4.78 is 4.66. The van der Waals surface area contributed by atoms with E-state index in [1.54, 1.807) is 30.6 Å². The maximum absolute atomic E-state index is 11.4. The highest BCUT2D eigenvalue weighted by Crippen LogP contribution is 2.15. The van der Waals surface area contributed by atoms with Gasteiger partial charge in [-0.2, -0.15) is 0 Å². The molecule has 0 saturated carbocycles. The highest BCUT2D eigenvalue weighted by Gasteiger charge is 2.04. The average molecular weight is 282 g/mol. The Morgan fingerprint density at radius 3 is 2.38 bits per heavy atom. The van der Waals surface area contributed by atoms with Crippen LogP contribution in [0.4, 0.5) is 11.4 Å². The highest BCUT2D eigenvalue weighted by atomic mass is 16.5. The molecule has 4 heteroatoms. The van der Waals surface area contributed by atoms with E-state index in [0.717, 1.165) is 17.9 Å². The molecule has 21 heavy (non-hydrogen) atoms. The average Bonchev–Trinajstić information content (AvgIpc) is 2.56. The first kappa shape index (κ1) is 14.8. The largest absolute Gasteiger partial charge is 0.465 e. The summed E-state index contributed by atoms with van der Waals surface area (Å²) in [4.78, 5) is 17.8. The van der Waals surface area contributed by atoms with Crippen LogP contribution in [-0.2, 0) is 4.74 Å². The summed E-state index contributed by atoms with van der Waals surface area (Å²) in [7, 11) is 1.37. The van der Waals surface area contributed by atoms with Gasteiger partial charge in [0.15, 0.2) is 0 Å². The molecule has 0 amide bonds. The van der Waals surface area contributed by atoms with E-state index in [0.29, 0.717) is 5.56 Å². The van der Waals surface area contributed by atoms with E-state index < -0.39 is 0 Å². The number of carbonyl (C=O) groups excluding carboxylic acids is 1. The molecular weight excluding hydrogens is 264 g/mol. The second-order valence-corrected chi connectivity index (χ2v) is 4.40. The number of hydrogen-bond acceptors (Lipinski definition) is 3. The fourth-order valence-electron chi connectivity index (χ4n) is 1.89. The van der Waals surface area contributed by atoms with E-state index in [1.165, 1.54) is 7.11 Å². The molecule has 0 spiro atoms. The molecule has 0 saturated heterocycles. The van der Waals surface area contributed by atoms with Crippen molar-refractivity contribution in [3.63, 3.8) is 0 Å². The van der Waals surface area contributed by atoms with Gasteiger partial charge in [-0.15, -0.1) is 0 Å². The summed E-state index contributed by atoms with van der Waals surface area (Å²) in [6.07, 6.45) is 1.79. The first-order valence-corrected chi connectivity index (χ1v) is 6.79. The zero-order valence-corrected chi connectivity index (χ0v) is 12.2. The second kappa shape index (κ2) is 7.24. The van der Waals surface area contributed by atoms with Crippen LogP contribution in [0.15, 0.2) is 59.6 Å². The van der Waals surface area contributed by atoms with Crippen molar-refractivity contribution >= 4 is 23.7 Å². The Balaban J connectivity index is 2.11. The molecule has 0 unspecified atom stereocenters. The fraction of sp³-hybridized carbons (Fsp3) is 0.176. The van der Waals surface area contributed by atoms with Crippen molar-refractivity contribution in [2.75, 3.05) is 18.6 Å². The van der Waals surface area contributed by atoms with Crippen molar-refractivity contribution in [3.8, 4) is 0 Å². The number of anilines is 1. The lowest BCUT2D eigenvalue weighted by atomic mass is 10.2. The van der Waals surface area contributed by atoms with Crippen LogP contribution in [0.1, 0.15) is 17.3 Å². The lowest BCUT2D eigenvalue weighted by Gasteiger charge is -2.16. The molecule has 0 fully saturated rings. The third-order valence-electron chi connectivity index (χ3n) is 3.06. The third kappa shape index (κ3) is 3.92. The summed E-state index contributed by atoms with van der Waals surface area (Å²) in [5.41, 5.74) is 2.40. The van der Waals surface area contributed by atoms with E-state index in [4.69, 9.17) is 0 Å². The van der Waals surface area contributed by atoms with Gasteiger partial charge in [0.05, 0.1) is 24.7 Å². The molecule has 0 aromatic heterocycles. The molecular formula is C17H18N2O2. The normalized spacial score (nSPS) is 10.6. The van der Waals surface area contributed by atoms with Crippen LogP contribution in [0.2, 0.25) is 0 Å². The molecule has 2 aromatic rings. The smallest absolute Gasteiger partial charge is 0.337 e. The predicted octanol–water partition coefficient (Wildman–Crippen LogP) is 3.66. The van der Waals surface area contributed by atoms with Crippen LogP contribution >= 0.6 is 0 Å². The summed E-state index contributed by atoms with van der Waals surface area (Å²) in [5.74, 6) is -0.343. The molecule has 0 aliphatic carbocycles. The molecule has 0 atom stereocenters. The SMILES string of the molecule is CCN(C=Nc1ccc(C(=O)OC)cc1)c1ccccc1. The van der Waals surface area contributed by atoms with Gasteiger partial charge < -0.3 is 9.64 Å². The zero-order valence-electron chi connectivity index (χ0n) is 12.2. The van der Waals surface area contributed by atoms with E-state index in [1.807, 2.05) is 35.2 Å². The van der Waals surface area contributed by atoms with Crippen LogP contribution in [0.3, 0.4) is 0 Å². The van der Waals surface area contributed by atoms with Gasteiger partial charge in [-0.25, -0.2) is 9.79 Å². The minimum Gasteiger partial charge on any atom is -0.465 e. The highest BCUT2D eigenvalue weighted by molar-refractivity contribution is 5.89. The molecule has 0 heterocycles. The molecule has 0 bridgehead atoms. The number of esters is 1. The first-order chi connectivity index (χ1) is 10.2. The van der Waals surface area contributed by atoms with Gasteiger partial charge in [-0.1, -0.05) is 18.2 Å². The van der Waals surface area contributed by atoms with Gasteiger partial charge in [0, 0.05) is 12.2 Å². The zero-order chi connectivity index (χ0) is 15.1. The first-order valence-electron chi connectivity index (χ1n) is 6.79. The number of hydrogen-bond donors (Lipinski definition) is 0. The summed E-state index contributed by atoms with van der Waals surface area (Å²) in [5, 5.41) is 0. The van der Waals surface area contributed by atoms with Crippen LogP contribution in [0.5, 0.6) is 0 Å². The van der Waals surface area contributed by atoms with Gasteiger partial charge in [0.2, 0.25) is 0 Å². The molecule has 4 nitrogen and oxygen atoms in total. The second-order valence-electron chi connectivity index (χ2n) is 4.40. The number of para-hydroxylation sites is 1. The Kier molecular flexibility index (Phi) is 5.10. The molecule has 108 valence electrons. The Morgan fingerprint density at radius 2 is 1.81 bits per heavy atom. The predicted molar refractivity (Wildman–Crippen MR) is 85.4 cm³/mol. The van der Waals surface area contributed by atoms with E-state index in [9.17, 15) is 4.79 Å². The van der Waals surface area contributed by atoms with Crippen molar-refractivity contribution in [2.45, 2.75) is 6.92 Å². The van der Waals surface area contributed by atoms with Gasteiger partial charge in [-0.3, -0.25) is 0 Å². The molecule has 2 aromatic carbocycles. The topological polar surface area (TPSA) is 41.9 Å². The van der Waals surface area contributed by atoms with E-state index in [-0.39, 0.29) is 5.97 Å². The van der Waals surface area contributed by atoms with Gasteiger partial charge in [0.25, 0.3) is 0 Å². The Bertz CT molecular complexity index is 606. The summed E-state index contributed by atoms with van der Waals surface area (Å²) in [6.45, 7) is 2.90. The maximum Gasteiger partial charge on any atom is 0.337 e. The van der Waals surface area contributed by atoms with E-state index in [2.05, 4.69) is 16.7 Å². The lowest BCUT2D eigenvalue weighted by molar-refractivity contribution is 0.0601. The fourth-order valence-corrected chi connectivity index (χ4v) is 1.89. The Hall–Kier alpha value is -2.62. The summed E-state index contributed by atoms with van der Waals surface area (Å²) in [6, 6.07) is 17.1. The standard InChI is InChI=1S/C17H18N2O2/c1-3-19(16-7-5-4-6-8-16)13-18-15-11-9-14(10-12-15)17(20)21-2/h4-13H,3H2,1-2H3. The van der Waals surface area contributed by atoms with Gasteiger partial charge in [0.1, 0.15) is 0 Å². The van der Waals surface area contributed by atoms with Crippen molar-refractivity contribution in [1.82, 2.24) is 0 Å². The minimum absolute atomic E-state index is 0.343. The quantitative estimate of drug-likeness (QED) is 0.477. The van der Waals surface area contributed by atoms with Crippen molar-refractivity contribution < 1.29 is 9.53 Å². The van der Waals surface area contributed by atoms with Crippen LogP contribution in [-0.4, -0.2) is 26.0 Å². The number of methoxy groups -OCH3 is 1. The Labute approximate surface area is 124 Å². The number of ether oxygens (including phenoxy) is 1. The molecule has 0 N–H and O–H groups in total. The number of carbonyl (C=O) groups is 1. The number of nitrogens with zero attached hydrogens (tertiary/aromatic N) is 2. The molecule has 2 rings (SSSR count). The van der Waals surface area contributed by atoms with Crippen molar-refractivity contribution in [3.05, 3.63) is 60.2 Å². The van der Waals surface area contributed by atoms with Gasteiger partial charge in [-0.05, 0) is 43.3 Å². The maximum atomic E-state index is 11.4. The summed E-state index contributed by atoms with van der Waals surface area (Å²) >= 11 is 0. The lowest BCUT2D eigenvalue weighted by Crippen LogP contribution is -2.19. The van der Waals surface area contributed by atoms with Gasteiger partial charge >= 0.3 is 5.97 Å². The van der Waals surface area contributed by atoms with Crippen LogP contribution in [0.25, 0.3) is 0 Å². The van der Waals surface area contributed by atoms with Crippen molar-refractivity contribution in [2.24, 2.45) is 4.99 Å². The van der Waals surface area contributed by atoms with Crippen LogP contribution < -0.4 is 4.90 Å². The monoisotopic (exact) mass is 282 g/mol. The Morgan fingerprint density at radius 1 is 1.14 bits per heavy atom. The molecule has 0 aliphatic rings. The van der Waals surface area contributed by atoms with Crippen LogP contribution in [0, 0.1) is 0 Å². The number of benzene rings is 2. The van der Waals surface area contributed by atoms with E-state index >= 15 is 0 Å². The minimum atomic E-state index is -0.343. The molecule has 0 radical (unpaired) electrons. The van der Waals surface area contributed by atoms with Crippen molar-refractivity contribution in [1.29, 1.82) is 0 Å². The number of aliphatic imine (C=N–C) groups is 1.